The summed E-state index contributed by atoms with van der Waals surface area (Å²) >= 11 is 0. The van der Waals surface area contributed by atoms with E-state index in [1.165, 1.54) is 18.0 Å². The number of aromatic nitrogens is 1. The quantitative estimate of drug-likeness (QED) is 0.565. The van der Waals surface area contributed by atoms with Crippen molar-refractivity contribution in [2.45, 2.75) is 12.5 Å². The van der Waals surface area contributed by atoms with Crippen molar-refractivity contribution in [2.75, 3.05) is 25.2 Å². The summed E-state index contributed by atoms with van der Waals surface area (Å²) in [4.78, 5) is 29.3. The SMILES string of the molecule is CN(C(=O)COC(=O)/C=C/c1nc2ccccc2o1)[C@H]1CCS(=O)(=O)C1. The fraction of sp³-hybridized carbons (Fsp3) is 0.353. The lowest BCUT2D eigenvalue weighted by molar-refractivity contribution is -0.148. The molecule has 8 nitrogen and oxygen atoms in total. The molecule has 1 amide bonds. The van der Waals surface area contributed by atoms with Crippen LogP contribution in [0.15, 0.2) is 34.8 Å². The van der Waals surface area contributed by atoms with Crippen molar-refractivity contribution in [1.82, 2.24) is 9.88 Å². The van der Waals surface area contributed by atoms with Crippen LogP contribution >= 0.6 is 0 Å². The van der Waals surface area contributed by atoms with Crippen LogP contribution in [0.1, 0.15) is 12.3 Å². The molecule has 3 rings (SSSR count). The zero-order valence-electron chi connectivity index (χ0n) is 14.1. The fourth-order valence-corrected chi connectivity index (χ4v) is 4.44. The maximum absolute atomic E-state index is 12.0. The van der Waals surface area contributed by atoms with E-state index >= 15 is 0 Å². The fourth-order valence-electron chi connectivity index (χ4n) is 2.67. The van der Waals surface area contributed by atoms with E-state index in [2.05, 4.69) is 4.98 Å². The van der Waals surface area contributed by atoms with E-state index in [4.69, 9.17) is 9.15 Å². The van der Waals surface area contributed by atoms with E-state index < -0.39 is 28.3 Å². The van der Waals surface area contributed by atoms with Gasteiger partial charge in [-0.25, -0.2) is 18.2 Å². The van der Waals surface area contributed by atoms with Gasteiger partial charge in [0, 0.05) is 25.2 Å². The predicted molar refractivity (Wildman–Crippen MR) is 93.8 cm³/mol. The summed E-state index contributed by atoms with van der Waals surface area (Å²) in [5.41, 5.74) is 1.27. The number of sulfone groups is 1. The van der Waals surface area contributed by atoms with E-state index in [0.29, 0.717) is 17.5 Å². The van der Waals surface area contributed by atoms with E-state index in [1.54, 1.807) is 12.1 Å². The molecule has 2 heterocycles. The molecule has 1 saturated heterocycles. The molecule has 9 heteroatoms. The Labute approximate surface area is 150 Å². The number of oxazole rings is 1. The molecule has 0 unspecified atom stereocenters. The van der Waals surface area contributed by atoms with E-state index in [9.17, 15) is 18.0 Å². The second kappa shape index (κ2) is 7.28. The number of rotatable bonds is 5. The Hall–Kier alpha value is -2.68. The summed E-state index contributed by atoms with van der Waals surface area (Å²) in [5.74, 6) is -0.894. The van der Waals surface area contributed by atoms with Gasteiger partial charge >= 0.3 is 5.97 Å². The molecule has 1 aromatic heterocycles. The van der Waals surface area contributed by atoms with Gasteiger partial charge < -0.3 is 14.1 Å². The number of benzene rings is 1. The van der Waals surface area contributed by atoms with Crippen LogP contribution in [0.4, 0.5) is 0 Å². The van der Waals surface area contributed by atoms with Crippen LogP contribution in [-0.2, 0) is 24.2 Å². The molecule has 1 aromatic carbocycles. The average Bonchev–Trinajstić information content (AvgIpc) is 3.19. The molecule has 2 aromatic rings. The Morgan fingerprint density at radius 1 is 1.38 bits per heavy atom. The highest BCUT2D eigenvalue weighted by atomic mass is 32.2. The maximum atomic E-state index is 12.0. The van der Waals surface area contributed by atoms with Crippen LogP contribution in [0.5, 0.6) is 0 Å². The normalized spacial score (nSPS) is 19.0. The van der Waals surface area contributed by atoms with Gasteiger partial charge in [-0.05, 0) is 18.6 Å². The number of esters is 1. The zero-order chi connectivity index (χ0) is 18.7. The van der Waals surface area contributed by atoms with Crippen molar-refractivity contribution in [2.24, 2.45) is 0 Å². The van der Waals surface area contributed by atoms with Crippen molar-refractivity contribution in [3.63, 3.8) is 0 Å². The molecule has 26 heavy (non-hydrogen) atoms. The summed E-state index contributed by atoms with van der Waals surface area (Å²) in [6, 6.07) is 6.81. The van der Waals surface area contributed by atoms with Crippen LogP contribution in [0.25, 0.3) is 17.2 Å². The van der Waals surface area contributed by atoms with Crippen LogP contribution in [0.2, 0.25) is 0 Å². The first-order valence-corrected chi connectivity index (χ1v) is 9.83. The molecule has 0 spiro atoms. The minimum Gasteiger partial charge on any atom is -0.452 e. The first-order valence-electron chi connectivity index (χ1n) is 8.00. The third-order valence-corrected chi connectivity index (χ3v) is 5.91. The van der Waals surface area contributed by atoms with Gasteiger partial charge in [0.05, 0.1) is 11.5 Å². The lowest BCUT2D eigenvalue weighted by Crippen LogP contribution is -2.40. The van der Waals surface area contributed by atoms with Gasteiger partial charge in [-0.15, -0.1) is 0 Å². The Bertz CT molecular complexity index is 930. The Kier molecular flexibility index (Phi) is 5.08. The summed E-state index contributed by atoms with van der Waals surface area (Å²) < 4.78 is 33.3. The van der Waals surface area contributed by atoms with Gasteiger partial charge in [-0.3, -0.25) is 4.79 Å². The van der Waals surface area contributed by atoms with E-state index in [-0.39, 0.29) is 23.4 Å². The third-order valence-electron chi connectivity index (χ3n) is 4.16. The monoisotopic (exact) mass is 378 g/mol. The van der Waals surface area contributed by atoms with Gasteiger partial charge in [0.1, 0.15) is 5.52 Å². The molecular weight excluding hydrogens is 360 g/mol. The summed E-state index contributed by atoms with van der Waals surface area (Å²) in [6.45, 7) is -0.455. The number of nitrogens with zero attached hydrogens (tertiary/aromatic N) is 2. The van der Waals surface area contributed by atoms with Gasteiger partial charge in [0.25, 0.3) is 5.91 Å². The minimum atomic E-state index is -3.09. The van der Waals surface area contributed by atoms with E-state index in [0.717, 1.165) is 6.08 Å². The van der Waals surface area contributed by atoms with Crippen LogP contribution < -0.4 is 0 Å². The third kappa shape index (κ3) is 4.29. The second-order valence-electron chi connectivity index (χ2n) is 6.02. The number of ether oxygens (including phenoxy) is 1. The minimum absolute atomic E-state index is 0.0548. The highest BCUT2D eigenvalue weighted by molar-refractivity contribution is 7.91. The number of hydrogen-bond acceptors (Lipinski definition) is 7. The number of amides is 1. The molecule has 138 valence electrons. The first kappa shape index (κ1) is 18.1. The molecule has 0 bridgehead atoms. The number of carbonyl (C=O) groups excluding carboxylic acids is 2. The van der Waals surface area contributed by atoms with Crippen LogP contribution in [-0.4, -0.2) is 61.4 Å². The molecule has 0 aliphatic carbocycles. The molecule has 1 fully saturated rings. The van der Waals surface area contributed by atoms with Crippen molar-refractivity contribution in [3.8, 4) is 0 Å². The Balaban J connectivity index is 1.51. The van der Waals surface area contributed by atoms with Crippen LogP contribution in [0, 0.1) is 0 Å². The number of hydrogen-bond donors (Lipinski definition) is 0. The van der Waals surface area contributed by atoms with Crippen molar-refractivity contribution in [1.29, 1.82) is 0 Å². The first-order chi connectivity index (χ1) is 12.3. The molecular formula is C17H18N2O6S. The molecule has 0 N–H and O–H groups in total. The lowest BCUT2D eigenvalue weighted by Gasteiger charge is -2.22. The van der Waals surface area contributed by atoms with Gasteiger partial charge in [-0.2, -0.15) is 0 Å². The van der Waals surface area contributed by atoms with Gasteiger partial charge in [-0.1, -0.05) is 12.1 Å². The smallest absolute Gasteiger partial charge is 0.331 e. The lowest BCUT2D eigenvalue weighted by atomic mass is 10.2. The number of fused-ring (bicyclic) bond motifs is 1. The topological polar surface area (TPSA) is 107 Å². The van der Waals surface area contributed by atoms with E-state index in [1.807, 2.05) is 12.1 Å². The van der Waals surface area contributed by atoms with Gasteiger partial charge in [0.2, 0.25) is 5.89 Å². The summed E-state index contributed by atoms with van der Waals surface area (Å²) in [5, 5.41) is 0. The highest BCUT2D eigenvalue weighted by Crippen LogP contribution is 2.17. The Morgan fingerprint density at radius 3 is 2.85 bits per heavy atom. The van der Waals surface area contributed by atoms with Crippen molar-refractivity contribution < 1.29 is 27.2 Å². The molecule has 1 aliphatic heterocycles. The largest absolute Gasteiger partial charge is 0.452 e. The Morgan fingerprint density at radius 2 is 2.15 bits per heavy atom. The molecule has 0 saturated carbocycles. The molecule has 1 atom stereocenters. The highest BCUT2D eigenvalue weighted by Gasteiger charge is 2.32. The zero-order valence-corrected chi connectivity index (χ0v) is 14.9. The number of likely N-dealkylation sites (N-methyl/N-ethyl adjacent to an activating group) is 1. The molecule has 0 radical (unpaired) electrons. The average molecular weight is 378 g/mol. The van der Waals surface area contributed by atoms with Crippen LogP contribution in [0.3, 0.4) is 0 Å². The maximum Gasteiger partial charge on any atom is 0.331 e. The predicted octanol–water partition coefficient (Wildman–Crippen LogP) is 1.03. The van der Waals surface area contributed by atoms with Gasteiger partial charge in [0.15, 0.2) is 22.0 Å². The number of para-hydroxylation sites is 2. The van der Waals surface area contributed by atoms with Crippen molar-refractivity contribution >= 4 is 38.9 Å². The second-order valence-corrected chi connectivity index (χ2v) is 8.25. The summed E-state index contributed by atoms with van der Waals surface area (Å²) in [6.07, 6.45) is 2.88. The number of carbonyl (C=O) groups is 2. The van der Waals surface area contributed by atoms with Crippen molar-refractivity contribution in [3.05, 3.63) is 36.2 Å². The summed E-state index contributed by atoms with van der Waals surface area (Å²) in [7, 11) is -1.58. The molecule has 1 aliphatic rings. The standard InChI is InChI=1S/C17H18N2O6S/c1-19(12-8-9-26(22,23)11-12)16(20)10-24-17(21)7-6-15-18-13-4-2-3-5-14(13)25-15/h2-7,12H,8-11H2,1H3/b7-6+/t12-/m0/s1.